The normalized spacial score (nSPS) is 12.5. The number of rotatable bonds is 4. The average molecular weight is 157 g/mol. The fraction of sp³-hybridized carbons (Fsp3) is 0.667. The molecule has 0 aliphatic heterocycles. The van der Waals surface area contributed by atoms with E-state index in [0.717, 1.165) is 6.42 Å². The van der Waals surface area contributed by atoms with E-state index in [9.17, 15) is 9.90 Å². The molecule has 0 heterocycles. The quantitative estimate of drug-likeness (QED) is 0.578. The summed E-state index contributed by atoms with van der Waals surface area (Å²) in [5, 5.41) is 10.2. The van der Waals surface area contributed by atoms with Crippen molar-refractivity contribution in [1.82, 2.24) is 0 Å². The summed E-state index contributed by atoms with van der Waals surface area (Å²) in [6.45, 7) is 3.59. The van der Waals surface area contributed by atoms with Crippen molar-refractivity contribution in [3.8, 4) is 0 Å². The van der Waals surface area contributed by atoms with Crippen LogP contribution in [0.15, 0.2) is 12.2 Å². The van der Waals surface area contributed by atoms with Crippen LogP contribution in [0.5, 0.6) is 0 Å². The van der Waals surface area contributed by atoms with Crippen molar-refractivity contribution in [3.05, 3.63) is 12.2 Å². The molecular weight excluding hydrogens is 140 g/mol. The molecule has 0 saturated carbocycles. The Balaban J connectivity index is 0. The van der Waals surface area contributed by atoms with Gasteiger partial charge >= 0.3 is 0 Å². The molecule has 0 rings (SSSR count). The molecule has 0 amide bonds. The van der Waals surface area contributed by atoms with Gasteiger partial charge in [0, 0.05) is 5.97 Å². The van der Waals surface area contributed by atoms with Crippen molar-refractivity contribution in [3.63, 3.8) is 0 Å². The first-order valence-corrected chi connectivity index (χ1v) is 3.50. The largest absolute Gasteiger partial charge is 0.550 e. The van der Waals surface area contributed by atoms with Gasteiger partial charge in [0.1, 0.15) is 0 Å². The molecule has 0 aliphatic carbocycles. The van der Waals surface area contributed by atoms with Gasteiger partial charge in [-0.25, -0.2) is 0 Å². The molecule has 0 aromatic rings. The Morgan fingerprint density at radius 3 is 2.55 bits per heavy atom. The van der Waals surface area contributed by atoms with Crippen LogP contribution in [0.4, 0.5) is 0 Å². The summed E-state index contributed by atoms with van der Waals surface area (Å²) >= 11 is 0. The average Bonchev–Trinajstić information content (AvgIpc) is 1.88. The maximum atomic E-state index is 10.2. The highest BCUT2D eigenvalue weighted by atomic mass is 16.4. The Morgan fingerprint density at radius 2 is 2.18 bits per heavy atom. The summed E-state index contributed by atoms with van der Waals surface area (Å²) in [5.41, 5.74) is 0. The molecule has 0 aromatic carbocycles. The highest BCUT2D eigenvalue weighted by molar-refractivity contribution is 5.66. The minimum absolute atomic E-state index is 0. The van der Waals surface area contributed by atoms with Gasteiger partial charge in [-0.2, -0.15) is 0 Å². The number of carboxylic acid groups (broad SMARTS) is 1. The Kier molecular flexibility index (Phi) is 8.55. The van der Waals surface area contributed by atoms with Crippen molar-refractivity contribution >= 4 is 5.97 Å². The number of carbonyl (C=O) groups is 1. The second-order valence-corrected chi connectivity index (χ2v) is 2.37. The van der Waals surface area contributed by atoms with Gasteiger partial charge in [-0.15, -0.1) is 0 Å². The number of carboxylic acids is 1. The first-order valence-electron chi connectivity index (χ1n) is 3.50. The third kappa shape index (κ3) is 7.10. The molecule has 0 bridgehead atoms. The van der Waals surface area contributed by atoms with E-state index in [0.29, 0.717) is 6.42 Å². The van der Waals surface area contributed by atoms with Crippen LogP contribution in [0, 0.1) is 5.92 Å². The maximum absolute atomic E-state index is 10.2. The molecule has 0 saturated heterocycles. The molecule has 66 valence electrons. The Hall–Kier alpha value is -0.790. The molecule has 0 aromatic heterocycles. The molecule has 0 aliphatic rings. The standard InChI is InChI=1S/C8H14O2.CH4/c1-3-4-5-6-7(2)8(9)10;/h3-4,7H,5-6H2,1-2H3,(H,9,10);1H4/p-1/b4-3-;. The van der Waals surface area contributed by atoms with Crippen LogP contribution in [0.2, 0.25) is 0 Å². The van der Waals surface area contributed by atoms with Crippen LogP contribution < -0.4 is 5.11 Å². The number of allylic oxidation sites excluding steroid dienone is 2. The lowest BCUT2D eigenvalue weighted by atomic mass is 10.1. The van der Waals surface area contributed by atoms with E-state index in [1.165, 1.54) is 0 Å². The molecule has 0 N–H and O–H groups in total. The summed E-state index contributed by atoms with van der Waals surface area (Å²) in [6, 6.07) is 0. The van der Waals surface area contributed by atoms with E-state index in [1.807, 2.05) is 19.1 Å². The minimum Gasteiger partial charge on any atom is -0.550 e. The van der Waals surface area contributed by atoms with Crippen molar-refractivity contribution in [2.24, 2.45) is 5.92 Å². The summed E-state index contributed by atoms with van der Waals surface area (Å²) in [5.74, 6) is -1.28. The van der Waals surface area contributed by atoms with E-state index in [1.54, 1.807) is 6.92 Å². The second-order valence-electron chi connectivity index (χ2n) is 2.37. The maximum Gasteiger partial charge on any atom is 0.0442 e. The molecule has 0 radical (unpaired) electrons. The van der Waals surface area contributed by atoms with Gasteiger partial charge in [-0.05, 0) is 25.7 Å². The van der Waals surface area contributed by atoms with Gasteiger partial charge < -0.3 is 9.90 Å². The van der Waals surface area contributed by atoms with Crippen LogP contribution in [-0.2, 0) is 4.79 Å². The zero-order valence-electron chi connectivity index (χ0n) is 6.46. The van der Waals surface area contributed by atoms with Crippen molar-refractivity contribution in [2.45, 2.75) is 34.1 Å². The van der Waals surface area contributed by atoms with Crippen molar-refractivity contribution < 1.29 is 9.90 Å². The minimum atomic E-state index is -0.954. The number of carbonyl (C=O) groups excluding carboxylic acids is 1. The Labute approximate surface area is 68.9 Å². The van der Waals surface area contributed by atoms with E-state index >= 15 is 0 Å². The van der Waals surface area contributed by atoms with Crippen LogP contribution in [0.25, 0.3) is 0 Å². The SMILES string of the molecule is C.C/C=C\CCC(C)C(=O)[O-]. The first kappa shape index (κ1) is 12.8. The van der Waals surface area contributed by atoms with Crippen LogP contribution in [0.1, 0.15) is 34.1 Å². The van der Waals surface area contributed by atoms with Gasteiger partial charge in [0.05, 0.1) is 0 Å². The zero-order valence-corrected chi connectivity index (χ0v) is 6.46. The highest BCUT2D eigenvalue weighted by Crippen LogP contribution is 2.03. The van der Waals surface area contributed by atoms with Crippen LogP contribution in [0.3, 0.4) is 0 Å². The zero-order chi connectivity index (χ0) is 7.98. The third-order valence-electron chi connectivity index (χ3n) is 1.40. The van der Waals surface area contributed by atoms with Crippen molar-refractivity contribution in [2.75, 3.05) is 0 Å². The van der Waals surface area contributed by atoms with E-state index in [-0.39, 0.29) is 13.3 Å². The van der Waals surface area contributed by atoms with Gasteiger partial charge in [-0.1, -0.05) is 26.5 Å². The predicted octanol–water partition coefficient (Wildman–Crippen LogP) is 1.36. The summed E-state index contributed by atoms with van der Waals surface area (Å²) < 4.78 is 0. The van der Waals surface area contributed by atoms with Crippen LogP contribution in [-0.4, -0.2) is 5.97 Å². The summed E-state index contributed by atoms with van der Waals surface area (Å²) in [7, 11) is 0. The third-order valence-corrected chi connectivity index (χ3v) is 1.40. The lowest BCUT2D eigenvalue weighted by Crippen LogP contribution is -2.29. The lowest BCUT2D eigenvalue weighted by Gasteiger charge is -2.09. The topological polar surface area (TPSA) is 40.1 Å². The van der Waals surface area contributed by atoms with Gasteiger partial charge in [0.15, 0.2) is 0 Å². The fourth-order valence-electron chi connectivity index (χ4n) is 0.631. The molecule has 2 nitrogen and oxygen atoms in total. The Bertz CT molecular complexity index is 128. The Morgan fingerprint density at radius 1 is 1.64 bits per heavy atom. The van der Waals surface area contributed by atoms with E-state index < -0.39 is 5.97 Å². The predicted molar refractivity (Wildman–Crippen MR) is 45.0 cm³/mol. The van der Waals surface area contributed by atoms with Gasteiger partial charge in [-0.3, -0.25) is 0 Å². The summed E-state index contributed by atoms with van der Waals surface area (Å²) in [6.07, 6.45) is 5.37. The molecule has 0 fully saturated rings. The van der Waals surface area contributed by atoms with Crippen LogP contribution >= 0.6 is 0 Å². The molecule has 11 heavy (non-hydrogen) atoms. The second kappa shape index (κ2) is 7.32. The van der Waals surface area contributed by atoms with E-state index in [2.05, 4.69) is 0 Å². The highest BCUT2D eigenvalue weighted by Gasteiger charge is 1.99. The molecule has 1 unspecified atom stereocenters. The van der Waals surface area contributed by atoms with E-state index in [4.69, 9.17) is 0 Å². The molecule has 2 heteroatoms. The molecular formula is C9H17O2-. The van der Waals surface area contributed by atoms with Gasteiger partial charge in [0.2, 0.25) is 0 Å². The monoisotopic (exact) mass is 157 g/mol. The number of aliphatic carboxylic acids is 1. The fourth-order valence-corrected chi connectivity index (χ4v) is 0.631. The number of hydrogen-bond donors (Lipinski definition) is 0. The smallest absolute Gasteiger partial charge is 0.0442 e. The first-order chi connectivity index (χ1) is 4.68. The van der Waals surface area contributed by atoms with Crippen molar-refractivity contribution in [1.29, 1.82) is 0 Å². The summed E-state index contributed by atoms with van der Waals surface area (Å²) in [4.78, 5) is 10.2. The number of hydrogen-bond acceptors (Lipinski definition) is 2. The molecule has 0 spiro atoms. The molecule has 1 atom stereocenters. The lowest BCUT2D eigenvalue weighted by molar-refractivity contribution is -0.311. The van der Waals surface area contributed by atoms with Gasteiger partial charge in [0.25, 0.3) is 0 Å².